The van der Waals surface area contributed by atoms with Gasteiger partial charge in [0, 0.05) is 13.1 Å². The highest BCUT2D eigenvalue weighted by Gasteiger charge is 2.20. The Kier molecular flexibility index (Phi) is 6.33. The van der Waals surface area contributed by atoms with E-state index in [-0.39, 0.29) is 6.61 Å². The van der Waals surface area contributed by atoms with Crippen LogP contribution in [-0.2, 0) is 17.5 Å². The first-order valence-corrected chi connectivity index (χ1v) is 8.64. The number of hydrogen-bond acceptors (Lipinski definition) is 3. The minimum absolute atomic E-state index is 0.0349. The molecule has 0 heterocycles. The third-order valence-electron chi connectivity index (χ3n) is 3.63. The molecule has 0 aromatic heterocycles. The zero-order valence-corrected chi connectivity index (χ0v) is 14.6. The molecule has 0 amide bonds. The molecular formula is C18H23NO3S. The molecule has 0 radical (unpaired) electrons. The van der Waals surface area contributed by atoms with Gasteiger partial charge in [-0.15, -0.1) is 0 Å². The summed E-state index contributed by atoms with van der Waals surface area (Å²) in [6.45, 7) is 4.71. The van der Waals surface area contributed by atoms with Crippen LogP contribution in [0.15, 0.2) is 47.4 Å². The van der Waals surface area contributed by atoms with Crippen molar-refractivity contribution >= 4 is 11.0 Å². The highest BCUT2D eigenvalue weighted by molar-refractivity contribution is 7.82. The van der Waals surface area contributed by atoms with Crippen molar-refractivity contribution in [1.29, 1.82) is 0 Å². The Morgan fingerprint density at radius 1 is 1.13 bits per heavy atom. The van der Waals surface area contributed by atoms with Crippen molar-refractivity contribution in [3.63, 3.8) is 0 Å². The maximum atomic E-state index is 13.1. The van der Waals surface area contributed by atoms with E-state index in [9.17, 15) is 9.32 Å². The van der Waals surface area contributed by atoms with Gasteiger partial charge in [-0.3, -0.25) is 0 Å². The van der Waals surface area contributed by atoms with E-state index in [4.69, 9.17) is 4.74 Å². The summed E-state index contributed by atoms with van der Waals surface area (Å²) >= 11 is 0. The second kappa shape index (κ2) is 8.24. The molecule has 0 spiro atoms. The SMILES string of the molecule is COc1cc(C)c(S(=O)N(CCO)Cc2ccccc2)c(C)c1. The Morgan fingerprint density at radius 2 is 1.74 bits per heavy atom. The van der Waals surface area contributed by atoms with Crippen LogP contribution in [0.3, 0.4) is 0 Å². The predicted octanol–water partition coefficient (Wildman–Crippen LogP) is 2.83. The monoisotopic (exact) mass is 333 g/mol. The van der Waals surface area contributed by atoms with E-state index in [0.29, 0.717) is 13.1 Å². The predicted molar refractivity (Wildman–Crippen MR) is 92.8 cm³/mol. The Labute approximate surface area is 140 Å². The van der Waals surface area contributed by atoms with Gasteiger partial charge in [0.05, 0.1) is 18.6 Å². The van der Waals surface area contributed by atoms with E-state index in [1.54, 1.807) is 11.4 Å². The second-order valence-electron chi connectivity index (χ2n) is 5.41. The molecule has 1 unspecified atom stereocenters. The van der Waals surface area contributed by atoms with E-state index >= 15 is 0 Å². The van der Waals surface area contributed by atoms with Crippen LogP contribution in [0.5, 0.6) is 5.75 Å². The molecule has 0 fully saturated rings. The molecule has 0 saturated heterocycles. The largest absolute Gasteiger partial charge is 0.497 e. The molecule has 124 valence electrons. The first kappa shape index (κ1) is 17.7. The molecule has 1 atom stereocenters. The van der Waals surface area contributed by atoms with Crippen molar-refractivity contribution in [2.45, 2.75) is 25.3 Å². The van der Waals surface area contributed by atoms with Gasteiger partial charge in [0.15, 0.2) is 0 Å². The highest BCUT2D eigenvalue weighted by atomic mass is 32.2. The molecule has 0 aliphatic carbocycles. The van der Waals surface area contributed by atoms with Gasteiger partial charge in [0.1, 0.15) is 16.7 Å². The smallest absolute Gasteiger partial charge is 0.128 e. The normalized spacial score (nSPS) is 12.4. The number of aliphatic hydroxyl groups is 1. The van der Waals surface area contributed by atoms with E-state index < -0.39 is 11.0 Å². The number of aryl methyl sites for hydroxylation is 2. The quantitative estimate of drug-likeness (QED) is 0.848. The van der Waals surface area contributed by atoms with Gasteiger partial charge in [-0.2, -0.15) is 0 Å². The summed E-state index contributed by atoms with van der Waals surface area (Å²) in [5.74, 6) is 0.762. The minimum Gasteiger partial charge on any atom is -0.497 e. The van der Waals surface area contributed by atoms with Crippen LogP contribution < -0.4 is 4.74 Å². The van der Waals surface area contributed by atoms with Gasteiger partial charge in [-0.1, -0.05) is 30.3 Å². The highest BCUT2D eigenvalue weighted by Crippen LogP contribution is 2.26. The number of aliphatic hydroxyl groups excluding tert-OH is 1. The summed E-state index contributed by atoms with van der Waals surface area (Å²) in [6, 6.07) is 13.6. The summed E-state index contributed by atoms with van der Waals surface area (Å²) in [4.78, 5) is 0.787. The number of nitrogens with zero attached hydrogens (tertiary/aromatic N) is 1. The van der Waals surface area contributed by atoms with Gasteiger partial charge >= 0.3 is 0 Å². The molecule has 2 rings (SSSR count). The van der Waals surface area contributed by atoms with Gasteiger partial charge in [0.2, 0.25) is 0 Å². The zero-order valence-electron chi connectivity index (χ0n) is 13.8. The number of benzene rings is 2. The molecule has 23 heavy (non-hydrogen) atoms. The lowest BCUT2D eigenvalue weighted by Crippen LogP contribution is -2.29. The van der Waals surface area contributed by atoms with Crippen LogP contribution >= 0.6 is 0 Å². The van der Waals surface area contributed by atoms with E-state index in [1.165, 1.54) is 0 Å². The molecular weight excluding hydrogens is 310 g/mol. The molecule has 2 aromatic carbocycles. The van der Waals surface area contributed by atoms with E-state index in [2.05, 4.69) is 0 Å². The van der Waals surface area contributed by atoms with Gasteiger partial charge in [-0.05, 0) is 42.7 Å². The Balaban J connectivity index is 2.31. The summed E-state index contributed by atoms with van der Waals surface area (Å²) < 4.78 is 20.1. The van der Waals surface area contributed by atoms with Crippen LogP contribution in [-0.4, -0.2) is 33.9 Å². The standard InChI is InChI=1S/C18H23NO3S/c1-14-11-17(22-3)12-15(2)18(14)23(21)19(9-10-20)13-16-7-5-4-6-8-16/h4-8,11-12,20H,9-10,13H2,1-3H3. The Bertz CT molecular complexity index is 650. The van der Waals surface area contributed by atoms with Crippen molar-refractivity contribution in [2.24, 2.45) is 0 Å². The molecule has 0 bridgehead atoms. The Hall–Kier alpha value is -1.69. The lowest BCUT2D eigenvalue weighted by molar-refractivity contribution is 0.256. The molecule has 4 nitrogen and oxygen atoms in total. The summed E-state index contributed by atoms with van der Waals surface area (Å²) in [6.07, 6.45) is 0. The molecule has 0 aliphatic rings. The molecule has 1 N–H and O–H groups in total. The van der Waals surface area contributed by atoms with Crippen molar-refractivity contribution in [3.05, 3.63) is 59.2 Å². The Morgan fingerprint density at radius 3 is 2.26 bits per heavy atom. The van der Waals surface area contributed by atoms with Crippen LogP contribution in [0.2, 0.25) is 0 Å². The van der Waals surface area contributed by atoms with E-state index in [0.717, 1.165) is 27.3 Å². The average molecular weight is 333 g/mol. The number of rotatable bonds is 7. The average Bonchev–Trinajstić information content (AvgIpc) is 2.54. The first-order chi connectivity index (χ1) is 11.1. The van der Waals surface area contributed by atoms with Gasteiger partial charge in [0.25, 0.3) is 0 Å². The number of hydrogen-bond donors (Lipinski definition) is 1. The van der Waals surface area contributed by atoms with Gasteiger partial charge < -0.3 is 9.84 Å². The summed E-state index contributed by atoms with van der Waals surface area (Å²) in [5.41, 5.74) is 2.92. The summed E-state index contributed by atoms with van der Waals surface area (Å²) in [5, 5.41) is 9.34. The maximum Gasteiger partial charge on any atom is 0.128 e. The lowest BCUT2D eigenvalue weighted by Gasteiger charge is -2.22. The van der Waals surface area contributed by atoms with Crippen LogP contribution in [0, 0.1) is 13.8 Å². The van der Waals surface area contributed by atoms with Crippen LogP contribution in [0.4, 0.5) is 0 Å². The van der Waals surface area contributed by atoms with Gasteiger partial charge in [-0.25, -0.2) is 8.51 Å². The second-order valence-corrected chi connectivity index (χ2v) is 6.84. The third-order valence-corrected chi connectivity index (χ3v) is 5.40. The fraction of sp³-hybridized carbons (Fsp3) is 0.333. The van der Waals surface area contributed by atoms with Crippen molar-refractivity contribution in [1.82, 2.24) is 4.31 Å². The van der Waals surface area contributed by atoms with E-state index in [1.807, 2.05) is 56.3 Å². The number of methoxy groups -OCH3 is 1. The van der Waals surface area contributed by atoms with Crippen LogP contribution in [0.1, 0.15) is 16.7 Å². The topological polar surface area (TPSA) is 49.8 Å². The first-order valence-electron chi connectivity index (χ1n) is 7.53. The third kappa shape index (κ3) is 4.41. The van der Waals surface area contributed by atoms with Crippen LogP contribution in [0.25, 0.3) is 0 Å². The molecule has 0 saturated carbocycles. The fourth-order valence-corrected chi connectivity index (χ4v) is 3.99. The summed E-state index contributed by atoms with van der Waals surface area (Å²) in [7, 11) is 0.286. The molecule has 5 heteroatoms. The van der Waals surface area contributed by atoms with Crippen molar-refractivity contribution < 1.29 is 14.1 Å². The molecule has 2 aromatic rings. The molecule has 0 aliphatic heterocycles. The lowest BCUT2D eigenvalue weighted by atomic mass is 10.1. The minimum atomic E-state index is -1.34. The van der Waals surface area contributed by atoms with Crippen molar-refractivity contribution in [3.8, 4) is 5.75 Å². The van der Waals surface area contributed by atoms with Crippen molar-refractivity contribution in [2.75, 3.05) is 20.3 Å². The number of ether oxygens (including phenoxy) is 1. The zero-order chi connectivity index (χ0) is 16.8. The fourth-order valence-electron chi connectivity index (χ4n) is 2.55. The maximum absolute atomic E-state index is 13.1.